The molecular formula is H2N3O10Y. The fraction of sp³-hybridized carbons (Fsp3) is 0. The molecule has 14 heavy (non-hydrogen) atoms. The average molecular weight is 293 g/mol. The SMILES string of the molecule is O.O=[N+]([O-])[O-].O=[N+]([O-])[O-].O=[N+]([O-])[O-].[Y+3]. The summed E-state index contributed by atoms with van der Waals surface area (Å²) in [5.74, 6) is 0. The average Bonchev–Trinajstić information content (AvgIpc) is 1.54. The van der Waals surface area contributed by atoms with Crippen molar-refractivity contribution in [1.29, 1.82) is 0 Å². The summed E-state index contributed by atoms with van der Waals surface area (Å²) < 4.78 is 0. The van der Waals surface area contributed by atoms with Gasteiger partial charge in [-0.25, -0.2) is 0 Å². The molecule has 0 amide bonds. The number of nitrogens with zero attached hydrogens (tertiary/aromatic N) is 3. The first-order chi connectivity index (χ1) is 5.20. The van der Waals surface area contributed by atoms with Crippen LogP contribution in [0.5, 0.6) is 0 Å². The van der Waals surface area contributed by atoms with Gasteiger partial charge in [-0.15, -0.1) is 0 Å². The van der Waals surface area contributed by atoms with E-state index in [0.29, 0.717) is 0 Å². The fourth-order valence-corrected chi connectivity index (χ4v) is 0. The van der Waals surface area contributed by atoms with Crippen LogP contribution in [0.4, 0.5) is 0 Å². The van der Waals surface area contributed by atoms with Crippen molar-refractivity contribution in [3.8, 4) is 0 Å². The Kier molecular flexibility index (Phi) is 47.3. The molecule has 0 aromatic rings. The molecule has 80 valence electrons. The maximum absolute atomic E-state index is 8.25. The van der Waals surface area contributed by atoms with Crippen LogP contribution in [-0.4, -0.2) is 20.7 Å². The van der Waals surface area contributed by atoms with Gasteiger partial charge in [0.25, 0.3) is 0 Å². The van der Waals surface area contributed by atoms with Crippen LogP contribution in [0.25, 0.3) is 0 Å². The number of hydrogen-bond acceptors (Lipinski definition) is 9. The molecule has 0 heterocycles. The minimum atomic E-state index is -1.75. The molecule has 0 bridgehead atoms. The van der Waals surface area contributed by atoms with Crippen molar-refractivity contribution in [1.82, 2.24) is 0 Å². The standard InChI is InChI=1S/3NO3.H2O.Y/c3*2-1(3)4;;/h;;;1H2;/q3*-1;;+3. The zero-order valence-electron chi connectivity index (χ0n) is 6.09. The second-order valence-corrected chi connectivity index (χ2v) is 0.671. The molecule has 0 fully saturated rings. The topological polar surface area (TPSA) is 230 Å². The largest absolute Gasteiger partial charge is 3.00 e. The van der Waals surface area contributed by atoms with Gasteiger partial charge in [0, 0.05) is 0 Å². The van der Waals surface area contributed by atoms with Gasteiger partial charge in [0.2, 0.25) is 0 Å². The fourth-order valence-electron chi connectivity index (χ4n) is 0. The van der Waals surface area contributed by atoms with Crippen LogP contribution in [0, 0.1) is 46.0 Å². The predicted molar refractivity (Wildman–Crippen MR) is 34.7 cm³/mol. The molecule has 2 N–H and O–H groups in total. The summed E-state index contributed by atoms with van der Waals surface area (Å²) in [7, 11) is 0. The van der Waals surface area contributed by atoms with Crippen LogP contribution in [0.3, 0.4) is 0 Å². The van der Waals surface area contributed by atoms with Gasteiger partial charge in [-0.2, -0.15) is 0 Å². The van der Waals surface area contributed by atoms with Gasteiger partial charge in [-0.1, -0.05) is 0 Å². The van der Waals surface area contributed by atoms with Gasteiger partial charge >= 0.3 is 32.7 Å². The summed E-state index contributed by atoms with van der Waals surface area (Å²) in [6.45, 7) is 0. The van der Waals surface area contributed by atoms with E-state index in [1.807, 2.05) is 0 Å². The first-order valence-electron chi connectivity index (χ1n) is 1.64. The molecule has 0 aliphatic heterocycles. The Morgan fingerprint density at radius 2 is 0.571 bits per heavy atom. The van der Waals surface area contributed by atoms with Crippen LogP contribution < -0.4 is 0 Å². The molecule has 0 aliphatic carbocycles. The second-order valence-electron chi connectivity index (χ2n) is 0.671. The van der Waals surface area contributed by atoms with Crippen LogP contribution in [-0.2, 0) is 32.7 Å². The third-order valence-electron chi connectivity index (χ3n) is 0. The molecular weight excluding hydrogens is 291 g/mol. The Morgan fingerprint density at radius 1 is 0.571 bits per heavy atom. The zero-order valence-corrected chi connectivity index (χ0v) is 8.93. The molecule has 0 spiro atoms. The van der Waals surface area contributed by atoms with Crippen molar-refractivity contribution in [3.63, 3.8) is 0 Å². The van der Waals surface area contributed by atoms with Gasteiger partial charge in [0.05, 0.1) is 15.3 Å². The first kappa shape index (κ1) is 29.3. The Hall–Kier alpha value is -1.34. The van der Waals surface area contributed by atoms with E-state index in [1.165, 1.54) is 0 Å². The molecule has 0 aliphatic rings. The molecule has 0 unspecified atom stereocenters. The van der Waals surface area contributed by atoms with Crippen molar-refractivity contribution < 1.29 is 53.4 Å². The zero-order chi connectivity index (χ0) is 10.7. The Labute approximate surface area is 99.5 Å². The van der Waals surface area contributed by atoms with E-state index >= 15 is 0 Å². The van der Waals surface area contributed by atoms with Crippen molar-refractivity contribution in [3.05, 3.63) is 46.0 Å². The molecule has 0 atom stereocenters. The molecule has 13 nitrogen and oxygen atoms in total. The second kappa shape index (κ2) is 22.6. The quantitative estimate of drug-likeness (QED) is 0.371. The minimum Gasteiger partial charge on any atom is -0.412 e. The molecule has 0 saturated heterocycles. The number of rotatable bonds is 0. The smallest absolute Gasteiger partial charge is 0.412 e. The minimum absolute atomic E-state index is 0. The Balaban J connectivity index is -0.0000000270. The number of hydrogen-bond donors (Lipinski definition) is 0. The van der Waals surface area contributed by atoms with Crippen molar-refractivity contribution >= 4 is 0 Å². The summed E-state index contributed by atoms with van der Waals surface area (Å²) in [6.07, 6.45) is 0. The van der Waals surface area contributed by atoms with Crippen molar-refractivity contribution in [2.45, 2.75) is 0 Å². The van der Waals surface area contributed by atoms with Gasteiger partial charge in [0.1, 0.15) is 0 Å². The summed E-state index contributed by atoms with van der Waals surface area (Å²) >= 11 is 0. The van der Waals surface area contributed by atoms with E-state index in [1.54, 1.807) is 0 Å². The first-order valence-corrected chi connectivity index (χ1v) is 1.64. The van der Waals surface area contributed by atoms with Gasteiger partial charge in [-0.3, -0.25) is 0 Å². The van der Waals surface area contributed by atoms with E-state index in [9.17, 15) is 0 Å². The Bertz CT molecular complexity index is 113. The summed E-state index contributed by atoms with van der Waals surface area (Å²) in [5.41, 5.74) is 0. The third-order valence-corrected chi connectivity index (χ3v) is 0. The van der Waals surface area contributed by atoms with Crippen LogP contribution in [0.1, 0.15) is 0 Å². The van der Waals surface area contributed by atoms with E-state index in [2.05, 4.69) is 0 Å². The van der Waals surface area contributed by atoms with Crippen LogP contribution in [0.15, 0.2) is 0 Å². The van der Waals surface area contributed by atoms with E-state index in [-0.39, 0.29) is 38.2 Å². The monoisotopic (exact) mass is 293 g/mol. The van der Waals surface area contributed by atoms with Gasteiger partial charge in [-0.05, 0) is 0 Å². The Morgan fingerprint density at radius 3 is 0.571 bits per heavy atom. The van der Waals surface area contributed by atoms with Gasteiger partial charge in [0.15, 0.2) is 0 Å². The van der Waals surface area contributed by atoms with Crippen LogP contribution in [0.2, 0.25) is 0 Å². The van der Waals surface area contributed by atoms with Crippen molar-refractivity contribution in [2.75, 3.05) is 0 Å². The third kappa shape index (κ3) is 558. The summed E-state index contributed by atoms with van der Waals surface area (Å²) in [6, 6.07) is 0. The summed E-state index contributed by atoms with van der Waals surface area (Å²) in [4.78, 5) is 24.8. The maximum atomic E-state index is 8.25. The molecule has 0 radical (unpaired) electrons. The predicted octanol–water partition coefficient (Wildman–Crippen LogP) is -1.54. The molecule has 0 aromatic heterocycles. The summed E-state index contributed by atoms with van der Waals surface area (Å²) in [5, 5.41) is 44.2. The van der Waals surface area contributed by atoms with Crippen molar-refractivity contribution in [2.24, 2.45) is 0 Å². The normalized spacial score (nSPS) is 5.14. The van der Waals surface area contributed by atoms with E-state index in [0.717, 1.165) is 0 Å². The molecule has 0 aromatic carbocycles. The maximum Gasteiger partial charge on any atom is 3.00 e. The molecule has 0 rings (SSSR count). The van der Waals surface area contributed by atoms with E-state index in [4.69, 9.17) is 46.0 Å². The molecule has 0 saturated carbocycles. The molecule has 14 heteroatoms. The van der Waals surface area contributed by atoms with Gasteiger partial charge < -0.3 is 51.4 Å². The van der Waals surface area contributed by atoms with E-state index < -0.39 is 15.3 Å². The van der Waals surface area contributed by atoms with Crippen LogP contribution >= 0.6 is 0 Å².